The minimum Gasteiger partial charge on any atom is -0.492 e. The van der Waals surface area contributed by atoms with Gasteiger partial charge < -0.3 is 15.2 Å². The number of hydrogen-bond donors (Lipinski definition) is 1. The second-order valence-corrected chi connectivity index (χ2v) is 4.66. The lowest BCUT2D eigenvalue weighted by Crippen LogP contribution is -2.16. The normalized spacial score (nSPS) is 16.8. The Morgan fingerprint density at radius 3 is 2.89 bits per heavy atom. The quantitative estimate of drug-likeness (QED) is 0.870. The van der Waals surface area contributed by atoms with Crippen molar-refractivity contribution in [2.45, 2.75) is 38.6 Å². The van der Waals surface area contributed by atoms with Crippen LogP contribution in [0.3, 0.4) is 0 Å². The molecule has 0 radical (unpaired) electrons. The van der Waals surface area contributed by atoms with Crippen LogP contribution in [-0.2, 0) is 11.3 Å². The van der Waals surface area contributed by atoms with Crippen molar-refractivity contribution in [3.8, 4) is 5.75 Å². The molecule has 2 N–H and O–H groups in total. The van der Waals surface area contributed by atoms with E-state index in [4.69, 9.17) is 15.2 Å². The molecule has 0 unspecified atom stereocenters. The van der Waals surface area contributed by atoms with E-state index in [0.29, 0.717) is 19.1 Å². The van der Waals surface area contributed by atoms with Crippen LogP contribution < -0.4 is 10.5 Å². The van der Waals surface area contributed by atoms with E-state index in [-0.39, 0.29) is 0 Å². The third-order valence-electron chi connectivity index (χ3n) is 3.29. The Morgan fingerprint density at radius 1 is 1.44 bits per heavy atom. The molecular weight excluding hydrogens is 228 g/mol. The Balaban J connectivity index is 2.12. The molecule has 2 heterocycles. The fourth-order valence-corrected chi connectivity index (χ4v) is 2.22. The number of pyridine rings is 1. The molecule has 1 fully saturated rings. The van der Waals surface area contributed by atoms with Crippen LogP contribution in [0.5, 0.6) is 5.75 Å². The maximum atomic E-state index is 5.79. The Bertz CT molecular complexity index is 376. The number of nitrogens with zero attached hydrogens (tertiary/aromatic N) is 1. The molecule has 0 amide bonds. The van der Waals surface area contributed by atoms with Gasteiger partial charge >= 0.3 is 0 Å². The Hall–Kier alpha value is -1.13. The van der Waals surface area contributed by atoms with Gasteiger partial charge in [-0.05, 0) is 25.3 Å². The largest absolute Gasteiger partial charge is 0.492 e. The topological polar surface area (TPSA) is 57.4 Å². The van der Waals surface area contributed by atoms with Crippen molar-refractivity contribution in [1.29, 1.82) is 0 Å². The molecule has 4 heteroatoms. The predicted molar refractivity (Wildman–Crippen MR) is 70.7 cm³/mol. The minimum absolute atomic E-state index is 0.498. The van der Waals surface area contributed by atoms with Crippen LogP contribution in [0.2, 0.25) is 0 Å². The summed E-state index contributed by atoms with van der Waals surface area (Å²) in [7, 11) is 0. The molecule has 2 rings (SSSR count). The molecule has 1 aliphatic rings. The average molecular weight is 250 g/mol. The van der Waals surface area contributed by atoms with Crippen molar-refractivity contribution < 1.29 is 9.47 Å². The van der Waals surface area contributed by atoms with E-state index in [9.17, 15) is 0 Å². The summed E-state index contributed by atoms with van der Waals surface area (Å²) in [5.74, 6) is 1.33. The lowest BCUT2D eigenvalue weighted by molar-refractivity contribution is 0.0844. The standard InChI is InChI=1S/C14H22N2O2/c1-2-5-18-14-10-16-13(8-12(14)9-15)11-3-6-17-7-4-11/h8,10-11H,2-7,9,15H2,1H3. The molecule has 100 valence electrons. The summed E-state index contributed by atoms with van der Waals surface area (Å²) in [5.41, 5.74) is 7.97. The van der Waals surface area contributed by atoms with Crippen LogP contribution in [0.25, 0.3) is 0 Å². The van der Waals surface area contributed by atoms with Crippen LogP contribution in [-0.4, -0.2) is 24.8 Å². The fraction of sp³-hybridized carbons (Fsp3) is 0.643. The number of ether oxygens (including phenoxy) is 2. The number of nitrogens with two attached hydrogens (primary N) is 1. The maximum absolute atomic E-state index is 5.79. The van der Waals surface area contributed by atoms with Gasteiger partial charge in [-0.15, -0.1) is 0 Å². The second kappa shape index (κ2) is 6.71. The molecule has 0 bridgehead atoms. The first kappa shape index (κ1) is 13.3. The van der Waals surface area contributed by atoms with Crippen molar-refractivity contribution >= 4 is 0 Å². The van der Waals surface area contributed by atoms with E-state index >= 15 is 0 Å². The summed E-state index contributed by atoms with van der Waals surface area (Å²) >= 11 is 0. The van der Waals surface area contributed by atoms with Crippen LogP contribution in [0.15, 0.2) is 12.3 Å². The van der Waals surface area contributed by atoms with Crippen LogP contribution in [0, 0.1) is 0 Å². The number of rotatable bonds is 5. The highest BCUT2D eigenvalue weighted by Crippen LogP contribution is 2.28. The van der Waals surface area contributed by atoms with Gasteiger partial charge in [-0.2, -0.15) is 0 Å². The van der Waals surface area contributed by atoms with Gasteiger partial charge in [0.25, 0.3) is 0 Å². The number of hydrogen-bond acceptors (Lipinski definition) is 4. The first-order valence-electron chi connectivity index (χ1n) is 6.74. The smallest absolute Gasteiger partial charge is 0.142 e. The Labute approximate surface area is 108 Å². The van der Waals surface area contributed by atoms with E-state index < -0.39 is 0 Å². The van der Waals surface area contributed by atoms with Crippen LogP contribution in [0.1, 0.15) is 43.4 Å². The van der Waals surface area contributed by atoms with Gasteiger partial charge in [-0.1, -0.05) is 6.92 Å². The van der Waals surface area contributed by atoms with Gasteiger partial charge in [-0.3, -0.25) is 4.98 Å². The summed E-state index contributed by atoms with van der Waals surface area (Å²) < 4.78 is 11.0. The van der Waals surface area contributed by atoms with Gasteiger partial charge in [0.15, 0.2) is 0 Å². The molecule has 1 saturated heterocycles. The molecule has 1 aromatic heterocycles. The molecular formula is C14H22N2O2. The first-order valence-corrected chi connectivity index (χ1v) is 6.74. The van der Waals surface area contributed by atoms with Gasteiger partial charge in [-0.25, -0.2) is 0 Å². The lowest BCUT2D eigenvalue weighted by atomic mass is 9.95. The van der Waals surface area contributed by atoms with Crippen molar-refractivity contribution in [2.75, 3.05) is 19.8 Å². The Morgan fingerprint density at radius 2 is 2.22 bits per heavy atom. The first-order chi connectivity index (χ1) is 8.85. The third-order valence-corrected chi connectivity index (χ3v) is 3.29. The molecule has 1 aliphatic heterocycles. The zero-order valence-electron chi connectivity index (χ0n) is 11.0. The van der Waals surface area contributed by atoms with Crippen LogP contribution >= 0.6 is 0 Å². The SMILES string of the molecule is CCCOc1cnc(C2CCOCC2)cc1CN. The predicted octanol–water partition coefficient (Wildman–Crippen LogP) is 2.22. The van der Waals surface area contributed by atoms with Crippen LogP contribution in [0.4, 0.5) is 0 Å². The lowest BCUT2D eigenvalue weighted by Gasteiger charge is -2.22. The van der Waals surface area contributed by atoms with Crippen molar-refractivity contribution in [1.82, 2.24) is 4.98 Å². The highest BCUT2D eigenvalue weighted by molar-refractivity contribution is 5.33. The molecule has 0 aliphatic carbocycles. The van der Waals surface area contributed by atoms with E-state index in [1.165, 1.54) is 0 Å². The molecule has 0 atom stereocenters. The summed E-state index contributed by atoms with van der Waals surface area (Å²) in [6, 6.07) is 2.10. The van der Waals surface area contributed by atoms with Crippen molar-refractivity contribution in [3.05, 3.63) is 23.5 Å². The highest BCUT2D eigenvalue weighted by atomic mass is 16.5. The van der Waals surface area contributed by atoms with E-state index in [2.05, 4.69) is 18.0 Å². The second-order valence-electron chi connectivity index (χ2n) is 4.66. The third kappa shape index (κ3) is 3.21. The van der Waals surface area contributed by atoms with E-state index in [0.717, 1.165) is 49.5 Å². The molecule has 0 aromatic carbocycles. The van der Waals surface area contributed by atoms with Gasteiger partial charge in [0.1, 0.15) is 5.75 Å². The van der Waals surface area contributed by atoms with Crippen molar-refractivity contribution in [2.24, 2.45) is 5.73 Å². The summed E-state index contributed by atoms with van der Waals surface area (Å²) in [4.78, 5) is 4.53. The monoisotopic (exact) mass is 250 g/mol. The van der Waals surface area contributed by atoms with Crippen molar-refractivity contribution in [3.63, 3.8) is 0 Å². The molecule has 0 saturated carbocycles. The minimum atomic E-state index is 0.498. The number of aromatic nitrogens is 1. The maximum Gasteiger partial charge on any atom is 0.142 e. The molecule has 4 nitrogen and oxygen atoms in total. The fourth-order valence-electron chi connectivity index (χ4n) is 2.22. The summed E-state index contributed by atoms with van der Waals surface area (Å²) in [6.07, 6.45) is 4.91. The van der Waals surface area contributed by atoms with Gasteiger partial charge in [0, 0.05) is 36.9 Å². The summed E-state index contributed by atoms with van der Waals surface area (Å²) in [5, 5.41) is 0. The zero-order valence-corrected chi connectivity index (χ0v) is 11.0. The van der Waals surface area contributed by atoms with Gasteiger partial charge in [0.05, 0.1) is 12.8 Å². The molecule has 0 spiro atoms. The summed E-state index contributed by atoms with van der Waals surface area (Å²) in [6.45, 7) is 4.96. The molecule has 1 aromatic rings. The van der Waals surface area contributed by atoms with E-state index in [1.807, 2.05) is 6.20 Å². The molecule has 18 heavy (non-hydrogen) atoms. The average Bonchev–Trinajstić information content (AvgIpc) is 2.46. The Kier molecular flexibility index (Phi) is 4.96. The highest BCUT2D eigenvalue weighted by Gasteiger charge is 2.18. The van der Waals surface area contributed by atoms with E-state index in [1.54, 1.807) is 0 Å². The van der Waals surface area contributed by atoms with Gasteiger partial charge in [0.2, 0.25) is 0 Å². The zero-order chi connectivity index (χ0) is 12.8.